The van der Waals surface area contributed by atoms with Gasteiger partial charge in [0, 0.05) is 23.2 Å². The highest BCUT2D eigenvalue weighted by Gasteiger charge is 2.15. The first-order valence-electron chi connectivity index (χ1n) is 10.0. The van der Waals surface area contributed by atoms with Crippen LogP contribution in [0, 0.1) is 5.82 Å². The minimum absolute atomic E-state index is 0.0223. The predicted molar refractivity (Wildman–Crippen MR) is 118 cm³/mol. The summed E-state index contributed by atoms with van der Waals surface area (Å²) in [6.45, 7) is 6.38. The zero-order valence-corrected chi connectivity index (χ0v) is 17.5. The fourth-order valence-corrected chi connectivity index (χ4v) is 3.20. The van der Waals surface area contributed by atoms with Crippen molar-refractivity contribution < 1.29 is 14.0 Å². The van der Waals surface area contributed by atoms with Gasteiger partial charge in [-0.3, -0.25) is 9.59 Å². The third-order valence-electron chi connectivity index (χ3n) is 5.00. The summed E-state index contributed by atoms with van der Waals surface area (Å²) in [7, 11) is 0. The lowest BCUT2D eigenvalue weighted by Gasteiger charge is -2.19. The monoisotopic (exact) mass is 403 g/mol. The summed E-state index contributed by atoms with van der Waals surface area (Å²) in [6.07, 6.45) is 0.477. The first-order valence-corrected chi connectivity index (χ1v) is 10.0. The van der Waals surface area contributed by atoms with E-state index >= 15 is 0 Å². The fraction of sp³-hybridized carbons (Fsp3) is 0.231. The predicted octanol–water partition coefficient (Wildman–Crippen LogP) is 5.93. The van der Waals surface area contributed by atoms with Gasteiger partial charge in [-0.05, 0) is 41.2 Å². The molecule has 3 aromatic rings. The molecule has 3 rings (SSSR count). The zero-order valence-electron chi connectivity index (χ0n) is 17.5. The molecule has 4 heteroatoms. The Bertz CT molecular complexity index is 1050. The molecule has 0 saturated carbocycles. The van der Waals surface area contributed by atoms with Crippen LogP contribution < -0.4 is 5.32 Å². The number of hydrogen-bond donors (Lipinski definition) is 1. The van der Waals surface area contributed by atoms with Gasteiger partial charge in [0.15, 0.2) is 5.78 Å². The second-order valence-electron chi connectivity index (χ2n) is 8.38. The Kier molecular flexibility index (Phi) is 6.46. The van der Waals surface area contributed by atoms with E-state index in [4.69, 9.17) is 0 Å². The van der Waals surface area contributed by atoms with Gasteiger partial charge in [0.05, 0.1) is 0 Å². The summed E-state index contributed by atoms with van der Waals surface area (Å²) in [4.78, 5) is 25.1. The maximum absolute atomic E-state index is 13.7. The molecule has 0 aromatic heterocycles. The van der Waals surface area contributed by atoms with Gasteiger partial charge in [-0.15, -0.1) is 0 Å². The quantitative estimate of drug-likeness (QED) is 0.519. The second kappa shape index (κ2) is 9.04. The molecular formula is C26H26FNO2. The summed E-state index contributed by atoms with van der Waals surface area (Å²) in [5, 5.41) is 2.79. The molecule has 0 spiro atoms. The van der Waals surface area contributed by atoms with Gasteiger partial charge in [0.25, 0.3) is 0 Å². The highest BCUT2D eigenvalue weighted by molar-refractivity contribution is 6.09. The van der Waals surface area contributed by atoms with E-state index < -0.39 is 0 Å². The van der Waals surface area contributed by atoms with E-state index in [-0.39, 0.29) is 29.3 Å². The molecule has 3 aromatic carbocycles. The van der Waals surface area contributed by atoms with Gasteiger partial charge in [0.2, 0.25) is 5.91 Å². The number of anilines is 1. The van der Waals surface area contributed by atoms with Crippen LogP contribution in [0.4, 0.5) is 10.1 Å². The largest absolute Gasteiger partial charge is 0.326 e. The number of nitrogens with one attached hydrogen (secondary N) is 1. The Hall–Kier alpha value is -3.27. The molecule has 0 atom stereocenters. The van der Waals surface area contributed by atoms with Crippen molar-refractivity contribution in [1.82, 2.24) is 0 Å². The fourth-order valence-electron chi connectivity index (χ4n) is 3.20. The molecule has 1 amide bonds. The SMILES string of the molecule is CC(C)(C)c1ccc(C(=O)c2cccc(NC(=O)CCc3ccccc3F)c2)cc1. The molecule has 0 aliphatic heterocycles. The van der Waals surface area contributed by atoms with E-state index in [1.54, 1.807) is 42.5 Å². The van der Waals surface area contributed by atoms with Crippen molar-refractivity contribution >= 4 is 17.4 Å². The highest BCUT2D eigenvalue weighted by Crippen LogP contribution is 2.23. The summed E-state index contributed by atoms with van der Waals surface area (Å²) in [5.74, 6) is -0.634. The molecule has 3 nitrogen and oxygen atoms in total. The van der Waals surface area contributed by atoms with Crippen LogP contribution in [-0.4, -0.2) is 11.7 Å². The van der Waals surface area contributed by atoms with Crippen LogP contribution in [0.5, 0.6) is 0 Å². The lowest BCUT2D eigenvalue weighted by atomic mass is 9.86. The van der Waals surface area contributed by atoms with E-state index in [0.29, 0.717) is 28.8 Å². The highest BCUT2D eigenvalue weighted by atomic mass is 19.1. The number of aryl methyl sites for hydroxylation is 1. The molecule has 0 heterocycles. The van der Waals surface area contributed by atoms with Gasteiger partial charge < -0.3 is 5.32 Å². The molecule has 0 saturated heterocycles. The number of benzene rings is 3. The number of rotatable bonds is 6. The van der Waals surface area contributed by atoms with Crippen molar-refractivity contribution in [3.8, 4) is 0 Å². The van der Waals surface area contributed by atoms with Crippen LogP contribution >= 0.6 is 0 Å². The zero-order chi connectivity index (χ0) is 21.7. The van der Waals surface area contributed by atoms with Gasteiger partial charge >= 0.3 is 0 Å². The topological polar surface area (TPSA) is 46.2 Å². The Morgan fingerprint density at radius 3 is 2.23 bits per heavy atom. The average Bonchev–Trinajstić information content (AvgIpc) is 2.72. The van der Waals surface area contributed by atoms with Gasteiger partial charge in [0.1, 0.15) is 5.82 Å². The minimum atomic E-state index is -0.310. The van der Waals surface area contributed by atoms with E-state index in [2.05, 4.69) is 26.1 Å². The van der Waals surface area contributed by atoms with E-state index in [0.717, 1.165) is 5.56 Å². The molecular weight excluding hydrogens is 377 g/mol. The van der Waals surface area contributed by atoms with Crippen molar-refractivity contribution in [2.75, 3.05) is 5.32 Å². The standard InChI is InChI=1S/C26H26FNO2/c1-26(2,3)21-14-11-19(12-15-21)25(30)20-8-6-9-22(17-20)28-24(29)16-13-18-7-4-5-10-23(18)27/h4-12,14-15,17H,13,16H2,1-3H3,(H,28,29). The van der Waals surface area contributed by atoms with Crippen LogP contribution in [0.1, 0.15) is 54.2 Å². The Balaban J connectivity index is 1.66. The molecule has 30 heavy (non-hydrogen) atoms. The van der Waals surface area contributed by atoms with Crippen LogP contribution in [0.3, 0.4) is 0 Å². The lowest BCUT2D eigenvalue weighted by Crippen LogP contribution is -2.13. The van der Waals surface area contributed by atoms with Crippen molar-refractivity contribution in [3.63, 3.8) is 0 Å². The summed E-state index contributed by atoms with van der Waals surface area (Å²) in [6, 6.07) is 20.9. The summed E-state index contributed by atoms with van der Waals surface area (Å²) >= 11 is 0. The number of hydrogen-bond acceptors (Lipinski definition) is 2. The third kappa shape index (κ3) is 5.41. The third-order valence-corrected chi connectivity index (χ3v) is 5.00. The first kappa shape index (κ1) is 21.4. The van der Waals surface area contributed by atoms with Gasteiger partial charge in [-0.25, -0.2) is 4.39 Å². The number of carbonyl (C=O) groups is 2. The van der Waals surface area contributed by atoms with E-state index in [9.17, 15) is 14.0 Å². The van der Waals surface area contributed by atoms with Crippen molar-refractivity contribution in [3.05, 3.63) is 101 Å². The number of halogens is 1. The van der Waals surface area contributed by atoms with E-state index in [1.807, 2.05) is 24.3 Å². The van der Waals surface area contributed by atoms with Crippen molar-refractivity contribution in [2.45, 2.75) is 39.0 Å². The van der Waals surface area contributed by atoms with Crippen LogP contribution in [-0.2, 0) is 16.6 Å². The lowest BCUT2D eigenvalue weighted by molar-refractivity contribution is -0.116. The molecule has 154 valence electrons. The van der Waals surface area contributed by atoms with Gasteiger partial charge in [-0.1, -0.05) is 75.4 Å². The molecule has 0 aliphatic rings. The van der Waals surface area contributed by atoms with Crippen molar-refractivity contribution in [1.29, 1.82) is 0 Å². The summed E-state index contributed by atoms with van der Waals surface area (Å²) in [5.41, 5.74) is 3.35. The Labute approximate surface area is 177 Å². The minimum Gasteiger partial charge on any atom is -0.326 e. The number of amides is 1. The number of ketones is 1. The Morgan fingerprint density at radius 1 is 0.867 bits per heavy atom. The molecule has 1 N–H and O–H groups in total. The van der Waals surface area contributed by atoms with Crippen LogP contribution in [0.15, 0.2) is 72.8 Å². The van der Waals surface area contributed by atoms with E-state index in [1.165, 1.54) is 6.07 Å². The van der Waals surface area contributed by atoms with Gasteiger partial charge in [-0.2, -0.15) is 0 Å². The molecule has 0 unspecified atom stereocenters. The smallest absolute Gasteiger partial charge is 0.224 e. The number of carbonyl (C=O) groups excluding carboxylic acids is 2. The Morgan fingerprint density at radius 2 is 1.57 bits per heavy atom. The second-order valence-corrected chi connectivity index (χ2v) is 8.38. The maximum Gasteiger partial charge on any atom is 0.224 e. The normalized spacial score (nSPS) is 11.2. The first-order chi connectivity index (χ1) is 14.2. The molecule has 0 aliphatic carbocycles. The van der Waals surface area contributed by atoms with Crippen LogP contribution in [0.2, 0.25) is 0 Å². The maximum atomic E-state index is 13.7. The summed E-state index contributed by atoms with van der Waals surface area (Å²) < 4.78 is 13.7. The molecule has 0 fully saturated rings. The van der Waals surface area contributed by atoms with Crippen molar-refractivity contribution in [2.24, 2.45) is 0 Å². The molecule has 0 bridgehead atoms. The average molecular weight is 403 g/mol. The molecule has 0 radical (unpaired) electrons. The van der Waals surface area contributed by atoms with Crippen LogP contribution in [0.25, 0.3) is 0 Å².